The van der Waals surface area contributed by atoms with Crippen LogP contribution in [0.25, 0.3) is 0 Å². The summed E-state index contributed by atoms with van der Waals surface area (Å²) in [7, 11) is 1.57. The highest BCUT2D eigenvalue weighted by molar-refractivity contribution is 9.10. The van der Waals surface area contributed by atoms with Gasteiger partial charge in [-0.1, -0.05) is 11.6 Å². The summed E-state index contributed by atoms with van der Waals surface area (Å²) >= 11 is 10.8. The standard InChI is InChI=1S/C11H11BrClN3OS/c1-17-10-8(12)6-15-11(16-10)14-5-4-7-2-3-9(13)18-7/h2-3,6H,4-5H2,1H3,(H,14,15,16). The predicted octanol–water partition coefficient (Wildman–Crippen LogP) is 3.62. The van der Waals surface area contributed by atoms with Crippen molar-refractivity contribution in [1.82, 2.24) is 9.97 Å². The van der Waals surface area contributed by atoms with Gasteiger partial charge >= 0.3 is 0 Å². The number of nitrogens with zero attached hydrogens (tertiary/aromatic N) is 2. The predicted molar refractivity (Wildman–Crippen MR) is 77.8 cm³/mol. The molecule has 0 fully saturated rings. The Bertz CT molecular complexity index is 535. The molecule has 0 saturated carbocycles. The van der Waals surface area contributed by atoms with E-state index in [0.29, 0.717) is 11.8 Å². The smallest absolute Gasteiger partial charge is 0.232 e. The molecule has 4 nitrogen and oxygen atoms in total. The van der Waals surface area contributed by atoms with Gasteiger partial charge in [-0.15, -0.1) is 11.3 Å². The van der Waals surface area contributed by atoms with Crippen molar-refractivity contribution in [1.29, 1.82) is 0 Å². The summed E-state index contributed by atoms with van der Waals surface area (Å²) in [4.78, 5) is 9.60. The van der Waals surface area contributed by atoms with Crippen LogP contribution in [0.4, 0.5) is 5.95 Å². The van der Waals surface area contributed by atoms with Crippen molar-refractivity contribution in [3.63, 3.8) is 0 Å². The number of nitrogens with one attached hydrogen (secondary N) is 1. The van der Waals surface area contributed by atoms with E-state index in [4.69, 9.17) is 16.3 Å². The van der Waals surface area contributed by atoms with Crippen molar-refractivity contribution in [2.24, 2.45) is 0 Å². The number of rotatable bonds is 5. The summed E-state index contributed by atoms with van der Waals surface area (Å²) in [5.41, 5.74) is 0. The molecule has 0 bridgehead atoms. The third-order valence-corrected chi connectivity index (χ3v) is 4.02. The van der Waals surface area contributed by atoms with Crippen LogP contribution in [0.1, 0.15) is 4.88 Å². The lowest BCUT2D eigenvalue weighted by Gasteiger charge is -2.06. The zero-order valence-electron chi connectivity index (χ0n) is 9.61. The van der Waals surface area contributed by atoms with E-state index in [1.54, 1.807) is 24.6 Å². The second kappa shape index (κ2) is 6.36. The average molecular weight is 349 g/mol. The maximum atomic E-state index is 5.87. The molecule has 0 radical (unpaired) electrons. The molecule has 0 aliphatic rings. The van der Waals surface area contributed by atoms with Crippen molar-refractivity contribution < 1.29 is 4.74 Å². The van der Waals surface area contributed by atoms with Crippen molar-refractivity contribution >= 4 is 44.8 Å². The summed E-state index contributed by atoms with van der Waals surface area (Å²) in [6.45, 7) is 0.752. The first-order valence-corrected chi connectivity index (χ1v) is 7.22. The summed E-state index contributed by atoms with van der Waals surface area (Å²) in [5.74, 6) is 1.07. The Morgan fingerprint density at radius 2 is 2.33 bits per heavy atom. The molecule has 2 rings (SSSR count). The second-order valence-corrected chi connectivity index (χ2v) is 6.09. The number of halogens is 2. The van der Waals surface area contributed by atoms with Gasteiger partial charge in [0.2, 0.25) is 11.8 Å². The molecule has 18 heavy (non-hydrogen) atoms. The highest BCUT2D eigenvalue weighted by atomic mass is 79.9. The Morgan fingerprint density at radius 3 is 3.00 bits per heavy atom. The topological polar surface area (TPSA) is 47.0 Å². The van der Waals surface area contributed by atoms with Gasteiger partial charge in [0.25, 0.3) is 0 Å². The fraction of sp³-hybridized carbons (Fsp3) is 0.273. The minimum atomic E-state index is 0.520. The molecule has 2 heterocycles. The summed E-state index contributed by atoms with van der Waals surface area (Å²) in [5, 5.41) is 3.14. The summed E-state index contributed by atoms with van der Waals surface area (Å²) in [6.07, 6.45) is 2.55. The van der Waals surface area contributed by atoms with Gasteiger partial charge in [-0.25, -0.2) is 4.98 Å². The molecular formula is C11H11BrClN3OS. The van der Waals surface area contributed by atoms with E-state index in [1.807, 2.05) is 12.1 Å². The number of hydrogen-bond acceptors (Lipinski definition) is 5. The lowest BCUT2D eigenvalue weighted by Crippen LogP contribution is -2.07. The van der Waals surface area contributed by atoms with Crippen LogP contribution in [0.5, 0.6) is 5.88 Å². The Kier molecular flexibility index (Phi) is 4.79. The van der Waals surface area contributed by atoms with Gasteiger partial charge in [-0.2, -0.15) is 4.98 Å². The van der Waals surface area contributed by atoms with Crippen LogP contribution in [0.15, 0.2) is 22.8 Å². The van der Waals surface area contributed by atoms with Gasteiger partial charge in [-0.3, -0.25) is 0 Å². The SMILES string of the molecule is COc1nc(NCCc2ccc(Cl)s2)ncc1Br. The minimum absolute atomic E-state index is 0.520. The van der Waals surface area contributed by atoms with Crippen molar-refractivity contribution in [2.75, 3.05) is 19.0 Å². The summed E-state index contributed by atoms with van der Waals surface area (Å²) in [6, 6.07) is 3.93. The molecule has 0 spiro atoms. The van der Waals surface area contributed by atoms with Crippen LogP contribution in [0, 0.1) is 0 Å². The van der Waals surface area contributed by atoms with Crippen molar-refractivity contribution in [3.8, 4) is 5.88 Å². The molecule has 7 heteroatoms. The molecule has 0 aromatic carbocycles. The van der Waals surface area contributed by atoms with E-state index >= 15 is 0 Å². The van der Waals surface area contributed by atoms with Crippen LogP contribution in [0.3, 0.4) is 0 Å². The Morgan fingerprint density at radius 1 is 1.50 bits per heavy atom. The number of anilines is 1. The maximum Gasteiger partial charge on any atom is 0.232 e. The third kappa shape index (κ3) is 3.57. The van der Waals surface area contributed by atoms with Gasteiger partial charge in [0.1, 0.15) is 0 Å². The molecule has 96 valence electrons. The number of methoxy groups -OCH3 is 1. The van der Waals surface area contributed by atoms with Gasteiger partial charge in [0.05, 0.1) is 22.1 Å². The highest BCUT2D eigenvalue weighted by Gasteiger charge is 2.04. The van der Waals surface area contributed by atoms with Crippen LogP contribution in [-0.2, 0) is 6.42 Å². The Labute approximate surface area is 122 Å². The molecule has 1 N–H and O–H groups in total. The van der Waals surface area contributed by atoms with Crippen LogP contribution < -0.4 is 10.1 Å². The average Bonchev–Trinajstić information content (AvgIpc) is 2.77. The number of thiophene rings is 1. The lowest BCUT2D eigenvalue weighted by molar-refractivity contribution is 0.394. The first kappa shape index (κ1) is 13.6. The Hall–Kier alpha value is -0.850. The third-order valence-electron chi connectivity index (χ3n) is 2.19. The van der Waals surface area contributed by atoms with E-state index in [2.05, 4.69) is 31.2 Å². The first-order chi connectivity index (χ1) is 8.69. The van der Waals surface area contributed by atoms with E-state index in [-0.39, 0.29) is 0 Å². The molecule has 2 aromatic rings. The Balaban J connectivity index is 1.90. The van der Waals surface area contributed by atoms with Gasteiger partial charge < -0.3 is 10.1 Å². The first-order valence-electron chi connectivity index (χ1n) is 5.23. The van der Waals surface area contributed by atoms with Gasteiger partial charge in [-0.05, 0) is 34.5 Å². The molecule has 0 unspecified atom stereocenters. The molecule has 0 atom stereocenters. The monoisotopic (exact) mass is 347 g/mol. The zero-order valence-corrected chi connectivity index (χ0v) is 12.8. The van der Waals surface area contributed by atoms with E-state index in [0.717, 1.165) is 21.8 Å². The van der Waals surface area contributed by atoms with Crippen LogP contribution in [-0.4, -0.2) is 23.6 Å². The molecule has 0 aliphatic heterocycles. The normalized spacial score (nSPS) is 10.4. The maximum absolute atomic E-state index is 5.87. The largest absolute Gasteiger partial charge is 0.480 e. The summed E-state index contributed by atoms with van der Waals surface area (Å²) < 4.78 is 6.65. The molecule has 0 aliphatic carbocycles. The van der Waals surface area contributed by atoms with E-state index in [1.165, 1.54) is 4.88 Å². The molecule has 0 amide bonds. The molecular weight excluding hydrogens is 338 g/mol. The highest BCUT2D eigenvalue weighted by Crippen LogP contribution is 2.23. The van der Waals surface area contributed by atoms with Gasteiger partial charge in [0.15, 0.2) is 0 Å². The van der Waals surface area contributed by atoms with E-state index in [9.17, 15) is 0 Å². The lowest BCUT2D eigenvalue weighted by atomic mass is 10.3. The number of aromatic nitrogens is 2. The quantitative estimate of drug-likeness (QED) is 0.896. The minimum Gasteiger partial charge on any atom is -0.480 e. The number of ether oxygens (including phenoxy) is 1. The zero-order chi connectivity index (χ0) is 13.0. The fourth-order valence-corrected chi connectivity index (χ4v) is 2.80. The van der Waals surface area contributed by atoms with Crippen LogP contribution in [0.2, 0.25) is 4.34 Å². The fourth-order valence-electron chi connectivity index (χ4n) is 1.36. The van der Waals surface area contributed by atoms with Crippen molar-refractivity contribution in [3.05, 3.63) is 32.0 Å². The molecule has 0 saturated heterocycles. The van der Waals surface area contributed by atoms with Crippen molar-refractivity contribution in [2.45, 2.75) is 6.42 Å². The molecule has 2 aromatic heterocycles. The van der Waals surface area contributed by atoms with Gasteiger partial charge in [0, 0.05) is 11.4 Å². The van der Waals surface area contributed by atoms with E-state index < -0.39 is 0 Å². The second-order valence-electron chi connectivity index (χ2n) is 3.43. The van der Waals surface area contributed by atoms with Crippen LogP contribution >= 0.6 is 38.9 Å². The number of hydrogen-bond donors (Lipinski definition) is 1.